The Labute approximate surface area is 199 Å². The fourth-order valence-electron chi connectivity index (χ4n) is 4.30. The fourth-order valence-corrected chi connectivity index (χ4v) is 4.95. The number of piperidine rings is 1. The van der Waals surface area contributed by atoms with Crippen LogP contribution in [0.15, 0.2) is 16.9 Å². The van der Waals surface area contributed by atoms with Gasteiger partial charge in [0.2, 0.25) is 21.9 Å². The van der Waals surface area contributed by atoms with Crippen LogP contribution in [0.4, 0.5) is 11.9 Å². The fraction of sp³-hybridized carbons (Fsp3) is 0.636. The van der Waals surface area contributed by atoms with Gasteiger partial charge in [0.1, 0.15) is 0 Å². The molecule has 0 atom stereocenters. The van der Waals surface area contributed by atoms with Gasteiger partial charge in [-0.15, -0.1) is 0 Å². The molecule has 5 heterocycles. The average Bonchev–Trinajstić information content (AvgIpc) is 3.28. The van der Waals surface area contributed by atoms with E-state index in [-0.39, 0.29) is 18.6 Å². The number of ether oxygens (including phenoxy) is 1. The summed E-state index contributed by atoms with van der Waals surface area (Å²) >= 11 is 0. The topological polar surface area (TPSA) is 118 Å². The third-order valence-corrected chi connectivity index (χ3v) is 7.66. The lowest BCUT2D eigenvalue weighted by molar-refractivity contribution is 0.00766. The van der Waals surface area contributed by atoms with E-state index in [1.807, 2.05) is 13.8 Å². The van der Waals surface area contributed by atoms with E-state index in [0.717, 1.165) is 56.9 Å². The molecular formula is C22H31N7O4S. The molecule has 0 unspecified atom stereocenters. The van der Waals surface area contributed by atoms with Gasteiger partial charge in [0.25, 0.3) is 5.95 Å². The molecule has 2 aromatic rings. The van der Waals surface area contributed by atoms with Crippen molar-refractivity contribution in [3.05, 3.63) is 29.5 Å². The molecule has 0 aromatic carbocycles. The number of aromatic nitrogens is 4. The first-order valence-corrected chi connectivity index (χ1v) is 13.6. The van der Waals surface area contributed by atoms with Gasteiger partial charge in [0.05, 0.1) is 31.2 Å². The molecule has 0 aliphatic carbocycles. The van der Waals surface area contributed by atoms with Crippen LogP contribution in [0.25, 0.3) is 6.08 Å². The van der Waals surface area contributed by atoms with Gasteiger partial charge in [-0.3, -0.25) is 4.31 Å². The second-order valence-corrected chi connectivity index (χ2v) is 11.5. The molecule has 5 rings (SSSR count). The molecule has 2 fully saturated rings. The van der Waals surface area contributed by atoms with Crippen molar-refractivity contribution in [1.29, 1.82) is 0 Å². The number of rotatable bonds is 7. The highest BCUT2D eigenvalue weighted by Gasteiger charge is 2.32. The summed E-state index contributed by atoms with van der Waals surface area (Å²) in [6.07, 6.45) is 8.47. The van der Waals surface area contributed by atoms with Gasteiger partial charge in [-0.1, -0.05) is 13.8 Å². The van der Waals surface area contributed by atoms with Crippen LogP contribution in [-0.4, -0.2) is 78.0 Å². The summed E-state index contributed by atoms with van der Waals surface area (Å²) in [7, 11) is -3.28. The van der Waals surface area contributed by atoms with Crippen molar-refractivity contribution >= 4 is 28.0 Å². The molecule has 0 saturated carbocycles. The molecule has 0 amide bonds. The lowest BCUT2D eigenvalue weighted by Crippen LogP contribution is -2.53. The first kappa shape index (κ1) is 23.0. The van der Waals surface area contributed by atoms with Crippen molar-refractivity contribution in [3.63, 3.8) is 0 Å². The molecule has 2 aromatic heterocycles. The van der Waals surface area contributed by atoms with Gasteiger partial charge in [0.15, 0.2) is 0 Å². The summed E-state index contributed by atoms with van der Waals surface area (Å²) < 4.78 is 36.3. The number of sulfonamides is 1. The number of anilines is 2. The Balaban J connectivity index is 1.06. The van der Waals surface area contributed by atoms with E-state index in [4.69, 9.17) is 9.26 Å². The molecule has 0 bridgehead atoms. The maximum atomic E-state index is 11.7. The average molecular weight is 490 g/mol. The molecule has 12 heteroatoms. The standard InChI is InChI=1S/C22H31N7O4S/c1-15(2)20-25-22(26-33-20)27-7-4-16(5-8-27)14-32-18-12-28(13-18)21-23-10-17-11-29(34(3,30)31)9-6-19(17)24-21/h6,9-10,15-16,18H,4-5,7-8,11-14H2,1-3H3. The first-order valence-electron chi connectivity index (χ1n) is 11.7. The second kappa shape index (κ2) is 9.14. The monoisotopic (exact) mass is 489 g/mol. The van der Waals surface area contributed by atoms with E-state index < -0.39 is 10.0 Å². The molecule has 0 spiro atoms. The zero-order chi connectivity index (χ0) is 23.9. The Kier molecular flexibility index (Phi) is 6.19. The van der Waals surface area contributed by atoms with Gasteiger partial charge < -0.3 is 19.1 Å². The molecule has 0 radical (unpaired) electrons. The van der Waals surface area contributed by atoms with Crippen molar-refractivity contribution in [3.8, 4) is 0 Å². The van der Waals surface area contributed by atoms with E-state index in [1.165, 1.54) is 10.6 Å². The minimum Gasteiger partial charge on any atom is -0.374 e. The highest BCUT2D eigenvalue weighted by atomic mass is 32.2. The van der Waals surface area contributed by atoms with E-state index in [0.29, 0.717) is 23.7 Å². The van der Waals surface area contributed by atoms with E-state index in [9.17, 15) is 8.42 Å². The van der Waals surface area contributed by atoms with Crippen LogP contribution in [0, 0.1) is 5.92 Å². The summed E-state index contributed by atoms with van der Waals surface area (Å²) in [5, 5.41) is 4.12. The van der Waals surface area contributed by atoms with Gasteiger partial charge in [-0.25, -0.2) is 18.4 Å². The van der Waals surface area contributed by atoms with Gasteiger partial charge in [0, 0.05) is 50.1 Å². The van der Waals surface area contributed by atoms with E-state index >= 15 is 0 Å². The van der Waals surface area contributed by atoms with Crippen molar-refractivity contribution in [2.24, 2.45) is 5.92 Å². The number of nitrogens with zero attached hydrogens (tertiary/aromatic N) is 7. The van der Waals surface area contributed by atoms with Gasteiger partial charge in [-0.2, -0.15) is 4.98 Å². The molecule has 3 aliphatic heterocycles. The van der Waals surface area contributed by atoms with Gasteiger partial charge in [-0.05, 0) is 30.0 Å². The SMILES string of the molecule is CC(C)c1nc(N2CCC(COC3CN(c4ncc5c(n4)C=CN(S(C)(=O)=O)C5)C3)CC2)no1. The van der Waals surface area contributed by atoms with Gasteiger partial charge >= 0.3 is 0 Å². The summed E-state index contributed by atoms with van der Waals surface area (Å²) in [5.41, 5.74) is 1.57. The number of hydrogen-bond acceptors (Lipinski definition) is 10. The molecular weight excluding hydrogens is 458 g/mol. The van der Waals surface area contributed by atoms with Crippen LogP contribution in [0.2, 0.25) is 0 Å². The Bertz CT molecular complexity index is 1150. The highest BCUT2D eigenvalue weighted by molar-refractivity contribution is 7.88. The van der Waals surface area contributed by atoms with E-state index in [1.54, 1.807) is 18.5 Å². The van der Waals surface area contributed by atoms with Crippen LogP contribution in [0.5, 0.6) is 0 Å². The first-order chi connectivity index (χ1) is 16.3. The Hall–Kier alpha value is -2.73. The highest BCUT2D eigenvalue weighted by Crippen LogP contribution is 2.26. The summed E-state index contributed by atoms with van der Waals surface area (Å²) in [4.78, 5) is 17.8. The molecule has 184 valence electrons. The van der Waals surface area contributed by atoms with Crippen LogP contribution < -0.4 is 9.80 Å². The lowest BCUT2D eigenvalue weighted by atomic mass is 9.98. The third kappa shape index (κ3) is 4.88. The zero-order valence-corrected chi connectivity index (χ0v) is 20.6. The Morgan fingerprint density at radius 1 is 1.15 bits per heavy atom. The summed E-state index contributed by atoms with van der Waals surface area (Å²) in [5.74, 6) is 2.81. The predicted molar refractivity (Wildman–Crippen MR) is 127 cm³/mol. The van der Waals surface area contributed by atoms with Crippen LogP contribution >= 0.6 is 0 Å². The summed E-state index contributed by atoms with van der Waals surface area (Å²) in [6, 6.07) is 0. The normalized spacial score (nSPS) is 19.6. The minimum atomic E-state index is -3.28. The molecule has 34 heavy (non-hydrogen) atoms. The molecule has 11 nitrogen and oxygen atoms in total. The lowest BCUT2D eigenvalue weighted by Gasteiger charge is -2.40. The van der Waals surface area contributed by atoms with Crippen molar-refractivity contribution in [2.45, 2.75) is 45.3 Å². The van der Waals surface area contributed by atoms with Crippen molar-refractivity contribution in [2.75, 3.05) is 48.8 Å². The zero-order valence-electron chi connectivity index (χ0n) is 19.8. The summed E-state index contributed by atoms with van der Waals surface area (Å²) in [6.45, 7) is 8.46. The second-order valence-electron chi connectivity index (χ2n) is 9.58. The Morgan fingerprint density at radius 2 is 1.91 bits per heavy atom. The maximum absolute atomic E-state index is 11.7. The third-order valence-electron chi connectivity index (χ3n) is 6.56. The van der Waals surface area contributed by atoms with Crippen LogP contribution in [-0.2, 0) is 21.3 Å². The molecule has 0 N–H and O–H groups in total. The Morgan fingerprint density at radius 3 is 2.59 bits per heavy atom. The van der Waals surface area contributed by atoms with E-state index in [2.05, 4.69) is 29.9 Å². The van der Waals surface area contributed by atoms with Crippen molar-refractivity contribution < 1.29 is 17.7 Å². The quantitative estimate of drug-likeness (QED) is 0.570. The smallest absolute Gasteiger partial charge is 0.266 e. The number of hydrogen-bond donors (Lipinski definition) is 0. The maximum Gasteiger partial charge on any atom is 0.266 e. The molecule has 3 aliphatic rings. The molecule has 2 saturated heterocycles. The largest absolute Gasteiger partial charge is 0.374 e. The van der Waals surface area contributed by atoms with Crippen LogP contribution in [0.1, 0.15) is 49.8 Å². The van der Waals surface area contributed by atoms with Crippen molar-refractivity contribution in [1.82, 2.24) is 24.4 Å². The van der Waals surface area contributed by atoms with Crippen LogP contribution in [0.3, 0.4) is 0 Å². The predicted octanol–water partition coefficient (Wildman–Crippen LogP) is 1.85. The minimum absolute atomic E-state index is 0.180. The number of fused-ring (bicyclic) bond motifs is 1.